The maximum absolute atomic E-state index is 11.4. The van der Waals surface area contributed by atoms with Crippen molar-refractivity contribution in [3.63, 3.8) is 0 Å². The van der Waals surface area contributed by atoms with Crippen molar-refractivity contribution in [2.45, 2.75) is 31.5 Å². The number of benzene rings is 3. The standard InChI is InChI=1S/C25H24N2O3/c1-24(2)21-10-6-7-11-22(21)26(17-18-8-4-3-5-9-18)25(24)15-14-19-16-20(27(28)29)12-13-23(19)30-25/h3-16,27-28H,17H2,1-2H3/t25-/m1/s1. The summed E-state index contributed by atoms with van der Waals surface area (Å²) in [6.07, 6.45) is 4.08. The van der Waals surface area contributed by atoms with Gasteiger partial charge in [0.25, 0.3) is 0 Å². The molecule has 0 radical (unpaired) electrons. The molecule has 0 saturated heterocycles. The van der Waals surface area contributed by atoms with Crippen LogP contribution in [0.5, 0.6) is 5.75 Å². The van der Waals surface area contributed by atoms with Crippen LogP contribution in [0, 0.1) is 5.21 Å². The van der Waals surface area contributed by atoms with Crippen molar-refractivity contribution >= 4 is 17.5 Å². The minimum atomic E-state index is -0.939. The second-order valence-electron chi connectivity index (χ2n) is 8.40. The smallest absolute Gasteiger partial charge is 0.212 e. The third kappa shape index (κ3) is 2.67. The lowest BCUT2D eigenvalue weighted by Crippen LogP contribution is -2.99. The van der Waals surface area contributed by atoms with E-state index in [-0.39, 0.29) is 11.1 Å². The van der Waals surface area contributed by atoms with Crippen LogP contribution >= 0.6 is 0 Å². The highest BCUT2D eigenvalue weighted by Gasteiger charge is 2.58. The lowest BCUT2D eigenvalue weighted by atomic mass is 9.76. The van der Waals surface area contributed by atoms with Crippen LogP contribution in [-0.2, 0) is 12.0 Å². The van der Waals surface area contributed by atoms with Crippen LogP contribution < -0.4 is 14.9 Å². The molecule has 0 aliphatic carbocycles. The van der Waals surface area contributed by atoms with Gasteiger partial charge < -0.3 is 14.8 Å². The molecule has 3 aromatic carbocycles. The van der Waals surface area contributed by atoms with E-state index in [4.69, 9.17) is 4.74 Å². The molecule has 5 nitrogen and oxygen atoms in total. The van der Waals surface area contributed by atoms with Gasteiger partial charge >= 0.3 is 0 Å². The molecule has 0 fully saturated rings. The number of rotatable bonds is 3. The molecule has 1 spiro atoms. The van der Waals surface area contributed by atoms with Gasteiger partial charge in [-0.05, 0) is 49.3 Å². The topological polar surface area (TPSA) is 60.2 Å². The molecule has 0 aromatic heterocycles. The Bertz CT molecular complexity index is 1120. The summed E-state index contributed by atoms with van der Waals surface area (Å²) in [5.74, 6) is 0.696. The number of ether oxygens (including phenoxy) is 1. The number of fused-ring (bicyclic) bond motifs is 2. The molecule has 1 unspecified atom stereocenters. The summed E-state index contributed by atoms with van der Waals surface area (Å²) < 4.78 is 6.74. The Morgan fingerprint density at radius 2 is 1.73 bits per heavy atom. The number of nitrogens with zero attached hydrogens (tertiary/aromatic N) is 1. The first-order valence-electron chi connectivity index (χ1n) is 10.1. The van der Waals surface area contributed by atoms with E-state index in [0.717, 1.165) is 11.3 Å². The Balaban J connectivity index is 1.64. The van der Waals surface area contributed by atoms with E-state index in [2.05, 4.69) is 73.4 Å². The molecule has 5 heteroatoms. The summed E-state index contributed by atoms with van der Waals surface area (Å²) in [7, 11) is 0. The van der Waals surface area contributed by atoms with Crippen LogP contribution in [0.25, 0.3) is 6.08 Å². The normalized spacial score (nSPS) is 21.8. The Hall–Kier alpha value is -3.12. The van der Waals surface area contributed by atoms with E-state index in [9.17, 15) is 10.4 Å². The van der Waals surface area contributed by atoms with Gasteiger partial charge in [0.15, 0.2) is 5.69 Å². The minimum absolute atomic E-state index is 0.257. The molecule has 3 aromatic rings. The van der Waals surface area contributed by atoms with Gasteiger partial charge in [-0.1, -0.05) is 48.5 Å². The summed E-state index contributed by atoms with van der Waals surface area (Å²) in [5.41, 5.74) is 3.59. The zero-order valence-electron chi connectivity index (χ0n) is 17.0. The van der Waals surface area contributed by atoms with E-state index in [1.165, 1.54) is 11.1 Å². The lowest BCUT2D eigenvalue weighted by molar-refractivity contribution is -0.991. The van der Waals surface area contributed by atoms with Gasteiger partial charge in [-0.2, -0.15) is 5.23 Å². The van der Waals surface area contributed by atoms with Crippen molar-refractivity contribution in [2.75, 3.05) is 4.90 Å². The van der Waals surface area contributed by atoms with Gasteiger partial charge in [-0.15, -0.1) is 0 Å². The molecule has 30 heavy (non-hydrogen) atoms. The first-order chi connectivity index (χ1) is 14.4. The fourth-order valence-electron chi connectivity index (χ4n) is 4.71. The maximum atomic E-state index is 11.4. The fourth-order valence-corrected chi connectivity index (χ4v) is 4.71. The average molecular weight is 400 g/mol. The van der Waals surface area contributed by atoms with Gasteiger partial charge in [0, 0.05) is 29.9 Å². The first kappa shape index (κ1) is 18.9. The van der Waals surface area contributed by atoms with Crippen LogP contribution in [-0.4, -0.2) is 10.9 Å². The van der Waals surface area contributed by atoms with Crippen molar-refractivity contribution in [3.05, 3.63) is 101 Å². The van der Waals surface area contributed by atoms with E-state index >= 15 is 0 Å². The van der Waals surface area contributed by atoms with Gasteiger partial charge in [0.05, 0.1) is 5.41 Å². The van der Waals surface area contributed by atoms with Crippen LogP contribution in [0.4, 0.5) is 11.4 Å². The number of quaternary nitrogens is 1. The number of hydrogen-bond donors (Lipinski definition) is 2. The second kappa shape index (κ2) is 6.71. The van der Waals surface area contributed by atoms with Gasteiger partial charge in [-0.25, -0.2) is 5.21 Å². The molecule has 0 saturated carbocycles. The van der Waals surface area contributed by atoms with E-state index < -0.39 is 11.0 Å². The van der Waals surface area contributed by atoms with Crippen LogP contribution in [0.15, 0.2) is 78.9 Å². The fraction of sp³-hybridized carbons (Fsp3) is 0.200. The van der Waals surface area contributed by atoms with Crippen molar-refractivity contribution < 1.29 is 15.2 Å². The zero-order chi connectivity index (χ0) is 20.9. The quantitative estimate of drug-likeness (QED) is 0.648. The zero-order valence-corrected chi connectivity index (χ0v) is 17.0. The average Bonchev–Trinajstić information content (AvgIpc) is 2.93. The molecule has 2 heterocycles. The Morgan fingerprint density at radius 1 is 1.00 bits per heavy atom. The van der Waals surface area contributed by atoms with E-state index in [1.807, 2.05) is 12.1 Å². The van der Waals surface area contributed by atoms with Crippen LogP contribution in [0.2, 0.25) is 0 Å². The Kier molecular flexibility index (Phi) is 4.22. The second-order valence-corrected chi connectivity index (χ2v) is 8.40. The minimum Gasteiger partial charge on any atom is -0.595 e. The van der Waals surface area contributed by atoms with Gasteiger partial charge in [0.2, 0.25) is 5.72 Å². The Labute approximate surface area is 176 Å². The molecular weight excluding hydrogens is 376 g/mol. The number of nitrogens with one attached hydrogen (secondary N) is 1. The van der Waals surface area contributed by atoms with Crippen molar-refractivity contribution in [1.82, 2.24) is 0 Å². The third-order valence-corrected chi connectivity index (χ3v) is 6.36. The highest BCUT2D eigenvalue weighted by atomic mass is 16.8. The van der Waals surface area contributed by atoms with Crippen molar-refractivity contribution in [3.8, 4) is 5.75 Å². The number of para-hydroxylation sites is 1. The Morgan fingerprint density at radius 3 is 2.50 bits per heavy atom. The summed E-state index contributed by atoms with van der Waals surface area (Å²) in [5, 5.41) is 19.8. The highest BCUT2D eigenvalue weighted by Crippen LogP contribution is 2.55. The summed E-state index contributed by atoms with van der Waals surface area (Å²) >= 11 is 0. The molecule has 2 aliphatic rings. The molecule has 0 bridgehead atoms. The summed E-state index contributed by atoms with van der Waals surface area (Å²) in [4.78, 5) is 2.32. The molecule has 0 amide bonds. The monoisotopic (exact) mass is 400 g/mol. The lowest BCUT2D eigenvalue weighted by Gasteiger charge is -2.47. The SMILES string of the molecule is CC1(C)c2ccccc2N(Cc2ccccc2)[C@@]12C=Cc1cc([NH+]([O-])O)ccc1O2. The molecule has 2 N–H and O–H groups in total. The summed E-state index contributed by atoms with van der Waals surface area (Å²) in [6, 6.07) is 23.9. The number of anilines is 1. The van der Waals surface area contributed by atoms with Crippen molar-refractivity contribution in [2.24, 2.45) is 0 Å². The first-order valence-corrected chi connectivity index (χ1v) is 10.1. The molecule has 2 atom stereocenters. The summed E-state index contributed by atoms with van der Waals surface area (Å²) in [6.45, 7) is 5.11. The van der Waals surface area contributed by atoms with Crippen molar-refractivity contribution in [1.29, 1.82) is 0 Å². The van der Waals surface area contributed by atoms with E-state index in [0.29, 0.717) is 12.3 Å². The predicted octanol–water partition coefficient (Wildman–Crippen LogP) is 4.19. The van der Waals surface area contributed by atoms with Gasteiger partial charge in [0.1, 0.15) is 5.75 Å². The molecule has 5 rings (SSSR count). The molecule has 152 valence electrons. The maximum Gasteiger partial charge on any atom is 0.212 e. The third-order valence-electron chi connectivity index (χ3n) is 6.36. The number of hydrogen-bond acceptors (Lipinski definition) is 4. The molecular formula is C25H24N2O3. The van der Waals surface area contributed by atoms with Crippen LogP contribution in [0.3, 0.4) is 0 Å². The predicted molar refractivity (Wildman–Crippen MR) is 117 cm³/mol. The van der Waals surface area contributed by atoms with Gasteiger partial charge in [-0.3, -0.25) is 0 Å². The van der Waals surface area contributed by atoms with E-state index in [1.54, 1.807) is 18.2 Å². The molecule has 2 aliphatic heterocycles. The van der Waals surface area contributed by atoms with Crippen LogP contribution in [0.1, 0.15) is 30.5 Å². The highest BCUT2D eigenvalue weighted by molar-refractivity contribution is 5.73. The largest absolute Gasteiger partial charge is 0.595 e.